The molecule has 0 aliphatic carbocycles. The number of hydrogen-bond donors (Lipinski definition) is 1. The second kappa shape index (κ2) is 7.48. The molecule has 0 atom stereocenters. The van der Waals surface area contributed by atoms with Crippen molar-refractivity contribution in [1.29, 1.82) is 0 Å². The molecular formula is C21H18N4O3. The van der Waals surface area contributed by atoms with E-state index in [9.17, 15) is 14.4 Å². The molecule has 7 nitrogen and oxygen atoms in total. The zero-order chi connectivity index (χ0) is 19.5. The normalized spacial score (nSPS) is 13.8. The molecule has 1 aliphatic heterocycles. The van der Waals surface area contributed by atoms with Crippen LogP contribution in [0.25, 0.3) is 5.69 Å². The molecule has 1 aliphatic rings. The number of amides is 3. The number of imidazole rings is 1. The monoisotopic (exact) mass is 374 g/mol. The second-order valence-corrected chi connectivity index (χ2v) is 6.51. The average molecular weight is 374 g/mol. The summed E-state index contributed by atoms with van der Waals surface area (Å²) in [6, 6.07) is 14.4. The van der Waals surface area contributed by atoms with Crippen LogP contribution in [0.5, 0.6) is 0 Å². The number of carbonyl (C=O) groups is 3. The molecule has 0 spiro atoms. The molecule has 2 aromatic carbocycles. The molecule has 28 heavy (non-hydrogen) atoms. The summed E-state index contributed by atoms with van der Waals surface area (Å²) in [5.74, 6) is -0.543. The van der Waals surface area contributed by atoms with Crippen molar-refractivity contribution in [2.75, 3.05) is 5.32 Å². The summed E-state index contributed by atoms with van der Waals surface area (Å²) < 4.78 is 1.82. The van der Waals surface area contributed by atoms with E-state index in [-0.39, 0.29) is 37.1 Å². The van der Waals surface area contributed by atoms with Gasteiger partial charge in [-0.15, -0.1) is 0 Å². The lowest BCUT2D eigenvalue weighted by Crippen LogP contribution is -2.28. The van der Waals surface area contributed by atoms with Crippen molar-refractivity contribution in [3.05, 3.63) is 78.4 Å². The molecule has 2 heterocycles. The van der Waals surface area contributed by atoms with E-state index in [2.05, 4.69) is 10.3 Å². The number of likely N-dealkylation sites (tertiary alicyclic amines) is 1. The summed E-state index contributed by atoms with van der Waals surface area (Å²) in [5.41, 5.74) is 2.78. The Labute approximate surface area is 161 Å². The Morgan fingerprint density at radius 2 is 1.71 bits per heavy atom. The first-order valence-electron chi connectivity index (χ1n) is 8.92. The van der Waals surface area contributed by atoms with Gasteiger partial charge in [-0.3, -0.25) is 19.3 Å². The topological polar surface area (TPSA) is 84.3 Å². The van der Waals surface area contributed by atoms with E-state index in [0.29, 0.717) is 11.3 Å². The van der Waals surface area contributed by atoms with Crippen molar-refractivity contribution in [2.45, 2.75) is 19.4 Å². The minimum Gasteiger partial charge on any atom is -0.320 e. The first-order chi connectivity index (χ1) is 13.6. The summed E-state index contributed by atoms with van der Waals surface area (Å²) in [5, 5.41) is 2.92. The van der Waals surface area contributed by atoms with Gasteiger partial charge in [0.25, 0.3) is 5.91 Å². The lowest BCUT2D eigenvalue weighted by Gasteiger charge is -2.14. The Morgan fingerprint density at radius 3 is 2.39 bits per heavy atom. The Morgan fingerprint density at radius 1 is 1.00 bits per heavy atom. The van der Waals surface area contributed by atoms with Crippen LogP contribution < -0.4 is 5.32 Å². The Kier molecular flexibility index (Phi) is 4.72. The van der Waals surface area contributed by atoms with Gasteiger partial charge >= 0.3 is 0 Å². The molecule has 3 amide bonds. The van der Waals surface area contributed by atoms with Crippen molar-refractivity contribution in [2.24, 2.45) is 0 Å². The maximum atomic E-state index is 12.6. The summed E-state index contributed by atoms with van der Waals surface area (Å²) in [7, 11) is 0. The summed E-state index contributed by atoms with van der Waals surface area (Å²) in [4.78, 5) is 41.4. The van der Waals surface area contributed by atoms with Gasteiger partial charge in [-0.25, -0.2) is 4.98 Å². The van der Waals surface area contributed by atoms with Crippen LogP contribution in [0.3, 0.4) is 0 Å². The number of benzene rings is 2. The summed E-state index contributed by atoms with van der Waals surface area (Å²) >= 11 is 0. The molecule has 0 bridgehead atoms. The van der Waals surface area contributed by atoms with Gasteiger partial charge in [-0.05, 0) is 29.8 Å². The van der Waals surface area contributed by atoms with Crippen LogP contribution in [0.2, 0.25) is 0 Å². The molecule has 0 saturated carbocycles. The molecule has 140 valence electrons. The number of imide groups is 1. The van der Waals surface area contributed by atoms with Crippen LogP contribution in [-0.4, -0.2) is 32.2 Å². The molecule has 4 rings (SSSR count). The number of rotatable bonds is 5. The van der Waals surface area contributed by atoms with Gasteiger partial charge in [0.2, 0.25) is 11.8 Å². The molecule has 0 radical (unpaired) electrons. The summed E-state index contributed by atoms with van der Waals surface area (Å²) in [6.07, 6.45) is 5.69. The fourth-order valence-corrected chi connectivity index (χ4v) is 3.14. The lowest BCUT2D eigenvalue weighted by atomic mass is 10.1. The number of aromatic nitrogens is 2. The van der Waals surface area contributed by atoms with E-state index >= 15 is 0 Å². The van der Waals surface area contributed by atoms with Crippen LogP contribution >= 0.6 is 0 Å². The van der Waals surface area contributed by atoms with E-state index in [1.54, 1.807) is 43.0 Å². The average Bonchev–Trinajstić information content (AvgIpc) is 3.35. The summed E-state index contributed by atoms with van der Waals surface area (Å²) in [6.45, 7) is 0.239. The highest BCUT2D eigenvalue weighted by Crippen LogP contribution is 2.21. The SMILES string of the molecule is O=C(Nc1ccccc1-n1ccnc1)c1ccc(CN2C(=O)CCC2=O)cc1. The smallest absolute Gasteiger partial charge is 0.255 e. The predicted molar refractivity (Wildman–Crippen MR) is 103 cm³/mol. The Bertz CT molecular complexity index is 1010. The minimum absolute atomic E-state index is 0.150. The van der Waals surface area contributed by atoms with Crippen LogP contribution in [0, 0.1) is 0 Å². The zero-order valence-corrected chi connectivity index (χ0v) is 15.0. The number of carbonyl (C=O) groups excluding carboxylic acids is 3. The van der Waals surface area contributed by atoms with Crippen molar-refractivity contribution in [3.8, 4) is 5.69 Å². The quantitative estimate of drug-likeness (QED) is 0.696. The fraction of sp³-hybridized carbons (Fsp3) is 0.143. The van der Waals surface area contributed by atoms with Crippen LogP contribution in [0.4, 0.5) is 5.69 Å². The highest BCUT2D eigenvalue weighted by molar-refractivity contribution is 6.05. The predicted octanol–water partition coefficient (Wildman–Crippen LogP) is 2.77. The van der Waals surface area contributed by atoms with E-state index in [1.165, 1.54) is 4.90 Å². The molecule has 7 heteroatoms. The maximum Gasteiger partial charge on any atom is 0.255 e. The Balaban J connectivity index is 1.48. The van der Waals surface area contributed by atoms with Crippen molar-refractivity contribution in [3.63, 3.8) is 0 Å². The standard InChI is InChI=1S/C21H18N4O3/c26-19-9-10-20(27)25(19)13-15-5-7-16(8-6-15)21(28)23-17-3-1-2-4-18(17)24-12-11-22-14-24/h1-8,11-12,14H,9-10,13H2,(H,23,28). The van der Waals surface area contributed by atoms with Crippen LogP contribution in [0.1, 0.15) is 28.8 Å². The largest absolute Gasteiger partial charge is 0.320 e. The van der Waals surface area contributed by atoms with Gasteiger partial charge in [-0.1, -0.05) is 24.3 Å². The molecule has 1 N–H and O–H groups in total. The zero-order valence-electron chi connectivity index (χ0n) is 15.0. The Hall–Kier alpha value is -3.74. The number of hydrogen-bond acceptors (Lipinski definition) is 4. The van der Waals surface area contributed by atoms with E-state index < -0.39 is 0 Å². The van der Waals surface area contributed by atoms with Gasteiger partial charge < -0.3 is 9.88 Å². The minimum atomic E-state index is -0.243. The first-order valence-corrected chi connectivity index (χ1v) is 8.92. The molecule has 1 saturated heterocycles. The van der Waals surface area contributed by atoms with Gasteiger partial charge in [0.15, 0.2) is 0 Å². The molecule has 1 fully saturated rings. The highest BCUT2D eigenvalue weighted by atomic mass is 16.2. The first kappa shape index (κ1) is 17.7. The highest BCUT2D eigenvalue weighted by Gasteiger charge is 2.28. The van der Waals surface area contributed by atoms with Crippen LogP contribution in [-0.2, 0) is 16.1 Å². The number of nitrogens with zero attached hydrogens (tertiary/aromatic N) is 3. The lowest BCUT2D eigenvalue weighted by molar-refractivity contribution is -0.139. The van der Waals surface area contributed by atoms with E-state index in [4.69, 9.17) is 0 Å². The second-order valence-electron chi connectivity index (χ2n) is 6.51. The molecule has 3 aromatic rings. The van der Waals surface area contributed by atoms with Crippen molar-refractivity contribution < 1.29 is 14.4 Å². The van der Waals surface area contributed by atoms with Gasteiger partial charge in [0.1, 0.15) is 0 Å². The van der Waals surface area contributed by atoms with Crippen LogP contribution in [0.15, 0.2) is 67.3 Å². The third-order valence-corrected chi connectivity index (χ3v) is 4.65. The number of nitrogens with one attached hydrogen (secondary N) is 1. The third kappa shape index (κ3) is 3.55. The van der Waals surface area contributed by atoms with Gasteiger partial charge in [0, 0.05) is 30.8 Å². The third-order valence-electron chi connectivity index (χ3n) is 4.65. The van der Waals surface area contributed by atoms with Crippen molar-refractivity contribution >= 4 is 23.4 Å². The van der Waals surface area contributed by atoms with E-state index in [0.717, 1.165) is 11.3 Å². The number of anilines is 1. The molecule has 1 aromatic heterocycles. The van der Waals surface area contributed by atoms with Gasteiger partial charge in [0.05, 0.1) is 24.2 Å². The maximum absolute atomic E-state index is 12.6. The van der Waals surface area contributed by atoms with Crippen molar-refractivity contribution in [1.82, 2.24) is 14.5 Å². The van der Waals surface area contributed by atoms with E-state index in [1.807, 2.05) is 28.8 Å². The fourth-order valence-electron chi connectivity index (χ4n) is 3.14. The number of para-hydroxylation sites is 2. The molecular weight excluding hydrogens is 356 g/mol. The van der Waals surface area contributed by atoms with Gasteiger partial charge in [-0.2, -0.15) is 0 Å². The molecule has 0 unspecified atom stereocenters.